The summed E-state index contributed by atoms with van der Waals surface area (Å²) in [4.78, 5) is 12.3. The summed E-state index contributed by atoms with van der Waals surface area (Å²) in [6, 6.07) is 4.91. The molecule has 0 aliphatic heterocycles. The summed E-state index contributed by atoms with van der Waals surface area (Å²) in [6.07, 6.45) is -4.64. The number of nitrogens with two attached hydrogens (primary N) is 1. The van der Waals surface area contributed by atoms with Gasteiger partial charge in [0.2, 0.25) is 5.91 Å². The summed E-state index contributed by atoms with van der Waals surface area (Å²) in [5.41, 5.74) is 6.65. The van der Waals surface area contributed by atoms with E-state index in [1.54, 1.807) is 25.1 Å². The number of thioether (sulfide) groups is 1. The molecule has 0 bridgehead atoms. The molecule has 8 heteroatoms. The molecule has 124 valence electrons. The summed E-state index contributed by atoms with van der Waals surface area (Å²) in [7, 11) is 1.45. The van der Waals surface area contributed by atoms with Crippen molar-refractivity contribution in [3.05, 3.63) is 23.8 Å². The van der Waals surface area contributed by atoms with Gasteiger partial charge in [0.05, 0.1) is 24.0 Å². The van der Waals surface area contributed by atoms with Gasteiger partial charge in [-0.25, -0.2) is 0 Å². The molecule has 4 nitrogen and oxygen atoms in total. The summed E-state index contributed by atoms with van der Waals surface area (Å²) in [5, 5.41) is 2.62. The number of hydrogen-bond donors (Lipinski definition) is 2. The number of aryl methyl sites for hydroxylation is 1. The SMILES string of the molecule is COC(CN)CC(=O)Nc1cc(C)ccc1SCC(F)(F)F. The quantitative estimate of drug-likeness (QED) is 0.752. The Kier molecular flexibility index (Phi) is 7.18. The second-order valence-corrected chi connectivity index (χ2v) is 5.77. The number of hydrogen-bond acceptors (Lipinski definition) is 4. The number of halogens is 3. The van der Waals surface area contributed by atoms with Gasteiger partial charge in [0.15, 0.2) is 0 Å². The molecule has 0 saturated heterocycles. The van der Waals surface area contributed by atoms with Crippen LogP contribution in [0.5, 0.6) is 0 Å². The first-order valence-corrected chi connectivity index (χ1v) is 7.56. The zero-order valence-electron chi connectivity index (χ0n) is 12.4. The van der Waals surface area contributed by atoms with Crippen LogP contribution >= 0.6 is 11.8 Å². The van der Waals surface area contributed by atoms with Crippen molar-refractivity contribution in [2.75, 3.05) is 24.7 Å². The van der Waals surface area contributed by atoms with Crippen LogP contribution in [0, 0.1) is 6.92 Å². The Morgan fingerprint density at radius 3 is 2.68 bits per heavy atom. The highest BCUT2D eigenvalue weighted by Gasteiger charge is 2.27. The zero-order chi connectivity index (χ0) is 16.8. The van der Waals surface area contributed by atoms with E-state index in [0.29, 0.717) is 22.3 Å². The second kappa shape index (κ2) is 8.40. The molecular formula is C14H19F3N2O2S. The third-order valence-corrected chi connectivity index (χ3v) is 3.95. The molecule has 1 atom stereocenters. The lowest BCUT2D eigenvalue weighted by molar-refractivity contribution is -0.118. The first kappa shape index (κ1) is 18.8. The van der Waals surface area contributed by atoms with Gasteiger partial charge in [-0.2, -0.15) is 13.2 Å². The highest BCUT2D eigenvalue weighted by Crippen LogP contribution is 2.33. The Hall–Kier alpha value is -1.25. The van der Waals surface area contributed by atoms with Gasteiger partial charge in [-0.05, 0) is 24.6 Å². The van der Waals surface area contributed by atoms with E-state index in [9.17, 15) is 18.0 Å². The molecule has 1 amide bonds. The molecule has 0 aromatic heterocycles. The Labute approximate surface area is 131 Å². The Morgan fingerprint density at radius 2 is 2.14 bits per heavy atom. The molecule has 1 rings (SSSR count). The summed E-state index contributed by atoms with van der Waals surface area (Å²) in [5.74, 6) is -1.36. The first-order valence-electron chi connectivity index (χ1n) is 6.58. The number of carbonyl (C=O) groups is 1. The monoisotopic (exact) mass is 336 g/mol. The second-order valence-electron chi connectivity index (χ2n) is 4.75. The van der Waals surface area contributed by atoms with Crippen LogP contribution in [0.4, 0.5) is 18.9 Å². The fraction of sp³-hybridized carbons (Fsp3) is 0.500. The maximum atomic E-state index is 12.3. The van der Waals surface area contributed by atoms with Crippen LogP contribution in [-0.2, 0) is 9.53 Å². The molecule has 1 unspecified atom stereocenters. The van der Waals surface area contributed by atoms with Gasteiger partial charge in [-0.3, -0.25) is 4.79 Å². The molecule has 0 saturated carbocycles. The zero-order valence-corrected chi connectivity index (χ0v) is 13.2. The van der Waals surface area contributed by atoms with Crippen molar-refractivity contribution >= 4 is 23.4 Å². The smallest absolute Gasteiger partial charge is 0.380 e. The van der Waals surface area contributed by atoms with Crippen LogP contribution in [0.2, 0.25) is 0 Å². The van der Waals surface area contributed by atoms with E-state index in [0.717, 1.165) is 5.56 Å². The van der Waals surface area contributed by atoms with E-state index in [2.05, 4.69) is 5.32 Å². The topological polar surface area (TPSA) is 64.3 Å². The minimum Gasteiger partial charge on any atom is -0.380 e. The number of anilines is 1. The lowest BCUT2D eigenvalue weighted by atomic mass is 10.2. The van der Waals surface area contributed by atoms with Crippen LogP contribution in [0.15, 0.2) is 23.1 Å². The van der Waals surface area contributed by atoms with E-state index in [1.165, 1.54) is 7.11 Å². The van der Waals surface area contributed by atoms with Crippen LogP contribution in [0.1, 0.15) is 12.0 Å². The van der Waals surface area contributed by atoms with Crippen molar-refractivity contribution in [2.24, 2.45) is 5.73 Å². The molecule has 0 spiro atoms. The Bertz CT molecular complexity index is 505. The third kappa shape index (κ3) is 6.67. The average molecular weight is 336 g/mol. The van der Waals surface area contributed by atoms with Gasteiger partial charge in [-0.15, -0.1) is 11.8 Å². The van der Waals surface area contributed by atoms with Crippen molar-refractivity contribution < 1.29 is 22.7 Å². The number of rotatable bonds is 7. The number of benzene rings is 1. The van der Waals surface area contributed by atoms with Crippen molar-refractivity contribution in [2.45, 2.75) is 30.5 Å². The van der Waals surface area contributed by atoms with Crippen molar-refractivity contribution in [3.8, 4) is 0 Å². The lowest BCUT2D eigenvalue weighted by Gasteiger charge is -2.15. The van der Waals surface area contributed by atoms with Gasteiger partial charge < -0.3 is 15.8 Å². The molecule has 0 heterocycles. The predicted octanol–water partition coefficient (Wildman–Crippen LogP) is 2.95. The number of alkyl halides is 3. The Morgan fingerprint density at radius 1 is 1.45 bits per heavy atom. The van der Waals surface area contributed by atoms with Crippen LogP contribution in [-0.4, -0.2) is 37.6 Å². The van der Waals surface area contributed by atoms with Gasteiger partial charge in [0, 0.05) is 18.6 Å². The maximum Gasteiger partial charge on any atom is 0.398 e. The standard InChI is InChI=1S/C14H19F3N2O2S/c1-9-3-4-12(22-8-14(15,16)17)11(5-9)19-13(20)6-10(7-18)21-2/h3-5,10H,6-8,18H2,1-2H3,(H,19,20). The molecule has 0 radical (unpaired) electrons. The molecule has 1 aromatic rings. The van der Waals surface area contributed by atoms with E-state index >= 15 is 0 Å². The largest absolute Gasteiger partial charge is 0.398 e. The van der Waals surface area contributed by atoms with Crippen molar-refractivity contribution in [3.63, 3.8) is 0 Å². The number of carbonyl (C=O) groups excluding carboxylic acids is 1. The van der Waals surface area contributed by atoms with Gasteiger partial charge in [-0.1, -0.05) is 6.07 Å². The summed E-state index contributed by atoms with van der Waals surface area (Å²) < 4.78 is 42.0. The van der Waals surface area contributed by atoms with Crippen molar-refractivity contribution in [1.29, 1.82) is 0 Å². The normalized spacial score (nSPS) is 13.0. The Balaban J connectivity index is 2.79. The molecule has 1 aromatic carbocycles. The van der Waals surface area contributed by atoms with E-state index in [1.807, 2.05) is 0 Å². The molecule has 0 fully saturated rings. The number of nitrogens with one attached hydrogen (secondary N) is 1. The van der Waals surface area contributed by atoms with Gasteiger partial charge in [0.25, 0.3) is 0 Å². The highest BCUT2D eigenvalue weighted by molar-refractivity contribution is 7.99. The minimum atomic E-state index is -4.27. The minimum absolute atomic E-state index is 0.0460. The molecular weight excluding hydrogens is 317 g/mol. The summed E-state index contributed by atoms with van der Waals surface area (Å²) >= 11 is 0.639. The van der Waals surface area contributed by atoms with Crippen LogP contribution in [0.25, 0.3) is 0 Å². The predicted molar refractivity (Wildman–Crippen MR) is 81.1 cm³/mol. The van der Waals surface area contributed by atoms with Crippen LogP contribution < -0.4 is 11.1 Å². The van der Waals surface area contributed by atoms with Crippen LogP contribution in [0.3, 0.4) is 0 Å². The lowest BCUT2D eigenvalue weighted by Crippen LogP contribution is -2.28. The highest BCUT2D eigenvalue weighted by atomic mass is 32.2. The fourth-order valence-electron chi connectivity index (χ4n) is 1.70. The molecule has 0 aliphatic rings. The summed E-state index contributed by atoms with van der Waals surface area (Å²) in [6.45, 7) is 1.99. The van der Waals surface area contributed by atoms with Gasteiger partial charge >= 0.3 is 6.18 Å². The van der Waals surface area contributed by atoms with Crippen molar-refractivity contribution in [1.82, 2.24) is 0 Å². The van der Waals surface area contributed by atoms with E-state index in [-0.39, 0.29) is 18.9 Å². The third-order valence-electron chi connectivity index (χ3n) is 2.81. The number of methoxy groups -OCH3 is 1. The number of ether oxygens (including phenoxy) is 1. The average Bonchev–Trinajstić information content (AvgIpc) is 2.42. The fourth-order valence-corrected chi connectivity index (χ4v) is 2.45. The number of amides is 1. The molecule has 22 heavy (non-hydrogen) atoms. The molecule has 3 N–H and O–H groups in total. The van der Waals surface area contributed by atoms with E-state index in [4.69, 9.17) is 10.5 Å². The first-order chi connectivity index (χ1) is 10.2. The maximum absolute atomic E-state index is 12.3. The van der Waals surface area contributed by atoms with Gasteiger partial charge in [0.1, 0.15) is 0 Å². The molecule has 0 aliphatic carbocycles. The van der Waals surface area contributed by atoms with E-state index < -0.39 is 18.0 Å².